The maximum absolute atomic E-state index is 12.5. The third kappa shape index (κ3) is 2.96. The zero-order valence-corrected chi connectivity index (χ0v) is 13.1. The molecule has 2 N–H and O–H groups in total. The van der Waals surface area contributed by atoms with Gasteiger partial charge in [-0.2, -0.15) is 5.10 Å². The lowest BCUT2D eigenvalue weighted by atomic mass is 9.91. The van der Waals surface area contributed by atoms with Gasteiger partial charge in [-0.15, -0.1) is 0 Å². The number of aryl methyl sites for hydroxylation is 1. The summed E-state index contributed by atoms with van der Waals surface area (Å²) in [6.45, 7) is 2.74. The van der Waals surface area contributed by atoms with Gasteiger partial charge in [0.15, 0.2) is 5.65 Å². The Balaban J connectivity index is 1.79. The van der Waals surface area contributed by atoms with Crippen molar-refractivity contribution in [2.24, 2.45) is 18.9 Å². The summed E-state index contributed by atoms with van der Waals surface area (Å²) in [5.41, 5.74) is 1.30. The fourth-order valence-electron chi connectivity index (χ4n) is 3.05. The number of fused-ring (bicyclic) bond motifs is 1. The van der Waals surface area contributed by atoms with Crippen LogP contribution >= 0.6 is 0 Å². The van der Waals surface area contributed by atoms with Crippen LogP contribution < -0.4 is 5.32 Å². The van der Waals surface area contributed by atoms with Crippen LogP contribution in [0.5, 0.6) is 0 Å². The molecule has 2 amide bonds. The molecule has 122 valence electrons. The number of anilines is 1. The zero-order valence-electron chi connectivity index (χ0n) is 13.1. The van der Waals surface area contributed by atoms with Crippen LogP contribution in [-0.4, -0.2) is 49.9 Å². The van der Waals surface area contributed by atoms with Gasteiger partial charge in [-0.3, -0.25) is 9.48 Å². The van der Waals surface area contributed by atoms with Gasteiger partial charge < -0.3 is 15.3 Å². The summed E-state index contributed by atoms with van der Waals surface area (Å²) in [6, 6.07) is 1.42. The third-order valence-electron chi connectivity index (χ3n) is 4.17. The smallest absolute Gasteiger partial charge is 0.321 e. The number of nitrogens with zero attached hydrogens (tertiary/aromatic N) is 4. The Labute approximate surface area is 133 Å². The molecule has 0 saturated carbocycles. The number of carboxylic acids is 1. The summed E-state index contributed by atoms with van der Waals surface area (Å²) in [5.74, 6) is -1.21. The minimum Gasteiger partial charge on any atom is -0.481 e. The van der Waals surface area contributed by atoms with Gasteiger partial charge >= 0.3 is 12.0 Å². The van der Waals surface area contributed by atoms with Crippen molar-refractivity contribution >= 4 is 28.7 Å². The summed E-state index contributed by atoms with van der Waals surface area (Å²) in [5, 5.41) is 16.9. The molecule has 2 aromatic heterocycles. The highest BCUT2D eigenvalue weighted by Crippen LogP contribution is 2.24. The summed E-state index contributed by atoms with van der Waals surface area (Å²) >= 11 is 0. The number of urea groups is 1. The number of nitrogens with one attached hydrogen (secondary N) is 1. The van der Waals surface area contributed by atoms with Crippen LogP contribution in [0.1, 0.15) is 13.3 Å². The van der Waals surface area contributed by atoms with Crippen molar-refractivity contribution in [2.75, 3.05) is 18.4 Å². The number of hydrogen-bond acceptors (Lipinski definition) is 4. The molecule has 3 heterocycles. The molecule has 1 aliphatic rings. The maximum atomic E-state index is 12.5. The first kappa shape index (κ1) is 15.3. The molecule has 8 nitrogen and oxygen atoms in total. The molecule has 1 aliphatic heterocycles. The van der Waals surface area contributed by atoms with E-state index in [-0.39, 0.29) is 18.5 Å². The van der Waals surface area contributed by atoms with Gasteiger partial charge in [0, 0.05) is 26.3 Å². The minimum absolute atomic E-state index is 0.159. The first-order chi connectivity index (χ1) is 11.0. The van der Waals surface area contributed by atoms with Crippen molar-refractivity contribution in [3.63, 3.8) is 0 Å². The van der Waals surface area contributed by atoms with Crippen LogP contribution in [0, 0.1) is 11.8 Å². The van der Waals surface area contributed by atoms with Crippen LogP contribution in [0.15, 0.2) is 18.5 Å². The zero-order chi connectivity index (χ0) is 16.6. The molecule has 1 fully saturated rings. The number of rotatable bonds is 2. The number of piperidine rings is 1. The van der Waals surface area contributed by atoms with Gasteiger partial charge in [-0.05, 0) is 18.4 Å². The Morgan fingerprint density at radius 3 is 2.91 bits per heavy atom. The SMILES string of the molecule is CC1CC(C(=O)O)CN(C(=O)Nc2ccnc3c2cnn3C)C1. The second-order valence-electron chi connectivity index (χ2n) is 6.08. The van der Waals surface area contributed by atoms with Gasteiger partial charge in [0.25, 0.3) is 0 Å². The Kier molecular flexibility index (Phi) is 3.89. The first-order valence-corrected chi connectivity index (χ1v) is 7.51. The van der Waals surface area contributed by atoms with Crippen molar-refractivity contribution < 1.29 is 14.7 Å². The van der Waals surface area contributed by atoms with Crippen LogP contribution in [0.2, 0.25) is 0 Å². The number of hydrogen-bond donors (Lipinski definition) is 2. The number of amides is 2. The highest BCUT2D eigenvalue weighted by Gasteiger charge is 2.32. The lowest BCUT2D eigenvalue weighted by molar-refractivity contribution is -0.143. The van der Waals surface area contributed by atoms with Gasteiger partial charge in [0.05, 0.1) is 23.2 Å². The van der Waals surface area contributed by atoms with E-state index in [0.717, 1.165) is 5.39 Å². The third-order valence-corrected chi connectivity index (χ3v) is 4.17. The number of aromatic nitrogens is 3. The minimum atomic E-state index is -0.854. The molecule has 0 bridgehead atoms. The predicted octanol–water partition coefficient (Wildman–Crippen LogP) is 1.54. The summed E-state index contributed by atoms with van der Waals surface area (Å²) < 4.78 is 1.63. The molecule has 3 rings (SSSR count). The number of carboxylic acid groups (broad SMARTS) is 1. The van der Waals surface area contributed by atoms with E-state index in [1.165, 1.54) is 0 Å². The Hall–Kier alpha value is -2.64. The van der Waals surface area contributed by atoms with E-state index in [0.29, 0.717) is 24.3 Å². The molecule has 2 unspecified atom stereocenters. The number of carbonyl (C=O) groups is 2. The average molecular weight is 317 g/mol. The molecular formula is C15H19N5O3. The van der Waals surface area contributed by atoms with Crippen LogP contribution in [0.4, 0.5) is 10.5 Å². The van der Waals surface area contributed by atoms with Crippen LogP contribution in [0.25, 0.3) is 11.0 Å². The van der Waals surface area contributed by atoms with E-state index in [4.69, 9.17) is 0 Å². The second-order valence-corrected chi connectivity index (χ2v) is 6.08. The predicted molar refractivity (Wildman–Crippen MR) is 84.0 cm³/mol. The Morgan fingerprint density at radius 1 is 1.39 bits per heavy atom. The van der Waals surface area contributed by atoms with Crippen molar-refractivity contribution in [3.8, 4) is 0 Å². The maximum Gasteiger partial charge on any atom is 0.321 e. The molecule has 23 heavy (non-hydrogen) atoms. The highest BCUT2D eigenvalue weighted by atomic mass is 16.4. The molecule has 0 radical (unpaired) electrons. The van der Waals surface area contributed by atoms with E-state index in [1.807, 2.05) is 6.92 Å². The standard InChI is InChI=1S/C15H19N5O3/c1-9-5-10(14(21)22)8-20(7-9)15(23)18-12-3-4-16-13-11(12)6-17-19(13)2/h3-4,6,9-10H,5,7-8H2,1-2H3,(H,21,22)(H,16,18,23). The van der Waals surface area contributed by atoms with E-state index in [1.54, 1.807) is 35.1 Å². The number of carbonyl (C=O) groups excluding carboxylic acids is 1. The molecular weight excluding hydrogens is 298 g/mol. The first-order valence-electron chi connectivity index (χ1n) is 7.51. The second kappa shape index (κ2) is 5.86. The van der Waals surface area contributed by atoms with Gasteiger partial charge in [-0.25, -0.2) is 9.78 Å². The van der Waals surface area contributed by atoms with Gasteiger partial charge in [0.2, 0.25) is 0 Å². The van der Waals surface area contributed by atoms with E-state index in [2.05, 4.69) is 15.4 Å². The van der Waals surface area contributed by atoms with Crippen LogP contribution in [-0.2, 0) is 11.8 Å². The highest BCUT2D eigenvalue weighted by molar-refractivity contribution is 5.99. The van der Waals surface area contributed by atoms with E-state index >= 15 is 0 Å². The topological polar surface area (TPSA) is 100 Å². The van der Waals surface area contributed by atoms with Crippen molar-refractivity contribution in [2.45, 2.75) is 13.3 Å². The van der Waals surface area contributed by atoms with Crippen molar-refractivity contribution in [1.29, 1.82) is 0 Å². The molecule has 0 spiro atoms. The number of likely N-dealkylation sites (tertiary alicyclic amines) is 1. The monoisotopic (exact) mass is 317 g/mol. The summed E-state index contributed by atoms with van der Waals surface area (Å²) in [4.78, 5) is 29.5. The Morgan fingerprint density at radius 2 is 2.17 bits per heavy atom. The lowest BCUT2D eigenvalue weighted by Gasteiger charge is -2.34. The lowest BCUT2D eigenvalue weighted by Crippen LogP contribution is -2.47. The Bertz CT molecular complexity index is 757. The molecule has 0 aromatic carbocycles. The quantitative estimate of drug-likeness (QED) is 0.875. The number of pyridine rings is 1. The molecule has 0 aliphatic carbocycles. The molecule has 2 aromatic rings. The fraction of sp³-hybridized carbons (Fsp3) is 0.467. The normalized spacial score (nSPS) is 21.4. The number of aliphatic carboxylic acids is 1. The molecule has 8 heteroatoms. The largest absolute Gasteiger partial charge is 0.481 e. The van der Waals surface area contributed by atoms with E-state index < -0.39 is 11.9 Å². The van der Waals surface area contributed by atoms with Gasteiger partial charge in [-0.1, -0.05) is 6.92 Å². The van der Waals surface area contributed by atoms with Crippen LogP contribution in [0.3, 0.4) is 0 Å². The van der Waals surface area contributed by atoms with Gasteiger partial charge in [0.1, 0.15) is 0 Å². The van der Waals surface area contributed by atoms with Crippen molar-refractivity contribution in [3.05, 3.63) is 18.5 Å². The average Bonchev–Trinajstić information content (AvgIpc) is 2.89. The summed E-state index contributed by atoms with van der Waals surface area (Å²) in [6.07, 6.45) is 3.86. The summed E-state index contributed by atoms with van der Waals surface area (Å²) in [7, 11) is 1.78. The fourth-order valence-corrected chi connectivity index (χ4v) is 3.05. The van der Waals surface area contributed by atoms with Crippen molar-refractivity contribution in [1.82, 2.24) is 19.7 Å². The van der Waals surface area contributed by atoms with E-state index in [9.17, 15) is 14.7 Å². The molecule has 1 saturated heterocycles. The molecule has 2 atom stereocenters.